The summed E-state index contributed by atoms with van der Waals surface area (Å²) in [6.07, 6.45) is 8.41. The molecule has 1 aliphatic heterocycles. The van der Waals surface area contributed by atoms with Crippen molar-refractivity contribution >= 4 is 0 Å². The van der Waals surface area contributed by atoms with Crippen LogP contribution < -0.4 is 15.2 Å². The molecule has 3 heteroatoms. The first-order valence-electron chi connectivity index (χ1n) is 7.35. The van der Waals surface area contributed by atoms with Gasteiger partial charge in [0.1, 0.15) is 17.1 Å². The van der Waals surface area contributed by atoms with Gasteiger partial charge in [-0.05, 0) is 43.9 Å². The van der Waals surface area contributed by atoms with Gasteiger partial charge in [-0.1, -0.05) is 12.8 Å². The van der Waals surface area contributed by atoms with Crippen molar-refractivity contribution in [2.75, 3.05) is 7.11 Å². The lowest BCUT2D eigenvalue weighted by Crippen LogP contribution is -2.42. The van der Waals surface area contributed by atoms with Crippen LogP contribution >= 0.6 is 0 Å². The summed E-state index contributed by atoms with van der Waals surface area (Å²) in [5.74, 6) is 1.82. The van der Waals surface area contributed by atoms with Gasteiger partial charge in [0.25, 0.3) is 0 Å². The zero-order valence-electron chi connectivity index (χ0n) is 11.7. The predicted molar refractivity (Wildman–Crippen MR) is 75.6 cm³/mol. The number of hydrogen-bond acceptors (Lipinski definition) is 3. The standard InChI is InChI=1S/C16H23NO2/c1-18-12-6-7-15-13(10-12)14(17)11-16(19-15)8-4-2-3-5-9-16/h6-7,10,14H,2-5,8-9,11,17H2,1H3/t14-/m0/s1. The maximum Gasteiger partial charge on any atom is 0.125 e. The molecular weight excluding hydrogens is 238 g/mol. The van der Waals surface area contributed by atoms with E-state index in [9.17, 15) is 0 Å². The van der Waals surface area contributed by atoms with Gasteiger partial charge in [0, 0.05) is 18.0 Å². The molecular formula is C16H23NO2. The van der Waals surface area contributed by atoms with E-state index in [0.29, 0.717) is 0 Å². The molecule has 1 fully saturated rings. The maximum atomic E-state index is 6.39. The quantitative estimate of drug-likeness (QED) is 0.840. The lowest BCUT2D eigenvalue weighted by atomic mass is 9.82. The number of rotatable bonds is 1. The van der Waals surface area contributed by atoms with E-state index >= 15 is 0 Å². The smallest absolute Gasteiger partial charge is 0.125 e. The molecule has 0 bridgehead atoms. The van der Waals surface area contributed by atoms with Gasteiger partial charge in [-0.3, -0.25) is 0 Å². The number of nitrogens with two attached hydrogens (primary N) is 1. The van der Waals surface area contributed by atoms with Crippen molar-refractivity contribution < 1.29 is 9.47 Å². The molecule has 2 aliphatic rings. The summed E-state index contributed by atoms with van der Waals surface area (Å²) in [6, 6.07) is 6.06. The topological polar surface area (TPSA) is 44.5 Å². The average Bonchev–Trinajstić information content (AvgIpc) is 2.64. The summed E-state index contributed by atoms with van der Waals surface area (Å²) in [4.78, 5) is 0. The van der Waals surface area contributed by atoms with Crippen LogP contribution in [0.5, 0.6) is 11.5 Å². The zero-order chi connectivity index (χ0) is 13.3. The fourth-order valence-corrected chi connectivity index (χ4v) is 3.50. The number of ether oxygens (including phenoxy) is 2. The second-order valence-corrected chi connectivity index (χ2v) is 5.91. The Morgan fingerprint density at radius 1 is 1.21 bits per heavy atom. The molecule has 0 saturated heterocycles. The van der Waals surface area contributed by atoms with Gasteiger partial charge in [0.15, 0.2) is 0 Å². The van der Waals surface area contributed by atoms with Crippen LogP contribution in [-0.4, -0.2) is 12.7 Å². The Hall–Kier alpha value is -1.22. The molecule has 1 spiro atoms. The molecule has 0 unspecified atom stereocenters. The van der Waals surface area contributed by atoms with Crippen molar-refractivity contribution in [3.05, 3.63) is 23.8 Å². The van der Waals surface area contributed by atoms with E-state index in [1.54, 1.807) is 7.11 Å². The fourth-order valence-electron chi connectivity index (χ4n) is 3.50. The number of benzene rings is 1. The minimum atomic E-state index is -0.0164. The van der Waals surface area contributed by atoms with E-state index in [0.717, 1.165) is 36.3 Å². The molecule has 3 rings (SSSR count). The third-order valence-corrected chi connectivity index (χ3v) is 4.55. The van der Waals surface area contributed by atoms with Gasteiger partial charge >= 0.3 is 0 Å². The van der Waals surface area contributed by atoms with Crippen LogP contribution in [0.2, 0.25) is 0 Å². The molecule has 0 amide bonds. The van der Waals surface area contributed by atoms with Gasteiger partial charge < -0.3 is 15.2 Å². The summed E-state index contributed by atoms with van der Waals surface area (Å²) >= 11 is 0. The molecule has 3 nitrogen and oxygen atoms in total. The van der Waals surface area contributed by atoms with Gasteiger partial charge in [-0.25, -0.2) is 0 Å². The molecule has 0 aromatic heterocycles. The summed E-state index contributed by atoms with van der Waals surface area (Å²) in [5.41, 5.74) is 7.47. The number of methoxy groups -OCH3 is 1. The van der Waals surface area contributed by atoms with Crippen LogP contribution in [0.15, 0.2) is 18.2 Å². The van der Waals surface area contributed by atoms with Crippen LogP contribution in [0.3, 0.4) is 0 Å². The van der Waals surface area contributed by atoms with Crippen molar-refractivity contribution in [1.82, 2.24) is 0 Å². The Kier molecular flexibility index (Phi) is 3.40. The average molecular weight is 261 g/mol. The van der Waals surface area contributed by atoms with Crippen molar-refractivity contribution in [3.8, 4) is 11.5 Å². The molecule has 1 aromatic carbocycles. The Labute approximate surface area is 115 Å². The predicted octanol–water partition coefficient (Wildman–Crippen LogP) is 3.57. The molecule has 2 N–H and O–H groups in total. The minimum absolute atomic E-state index is 0.0164. The van der Waals surface area contributed by atoms with Crippen molar-refractivity contribution in [2.45, 2.75) is 56.6 Å². The zero-order valence-corrected chi connectivity index (χ0v) is 11.7. The van der Waals surface area contributed by atoms with E-state index in [2.05, 4.69) is 0 Å². The Bertz CT molecular complexity index is 450. The fraction of sp³-hybridized carbons (Fsp3) is 0.625. The normalized spacial score (nSPS) is 25.3. The van der Waals surface area contributed by atoms with E-state index in [-0.39, 0.29) is 11.6 Å². The van der Waals surface area contributed by atoms with Crippen molar-refractivity contribution in [3.63, 3.8) is 0 Å². The minimum Gasteiger partial charge on any atom is -0.497 e. The molecule has 1 atom stereocenters. The van der Waals surface area contributed by atoms with Crippen LogP contribution in [0.4, 0.5) is 0 Å². The monoisotopic (exact) mass is 261 g/mol. The molecule has 0 radical (unpaired) electrons. The lowest BCUT2D eigenvalue weighted by Gasteiger charge is -2.41. The largest absolute Gasteiger partial charge is 0.497 e. The van der Waals surface area contributed by atoms with Crippen LogP contribution in [0.1, 0.15) is 56.6 Å². The van der Waals surface area contributed by atoms with E-state index < -0.39 is 0 Å². The molecule has 1 aromatic rings. The van der Waals surface area contributed by atoms with Gasteiger partial charge in [0.2, 0.25) is 0 Å². The Morgan fingerprint density at radius 2 is 1.95 bits per heavy atom. The highest BCUT2D eigenvalue weighted by atomic mass is 16.5. The highest BCUT2D eigenvalue weighted by molar-refractivity contribution is 5.44. The van der Waals surface area contributed by atoms with Crippen LogP contribution in [0.25, 0.3) is 0 Å². The number of fused-ring (bicyclic) bond motifs is 1. The summed E-state index contributed by atoms with van der Waals surface area (Å²) in [7, 11) is 1.68. The van der Waals surface area contributed by atoms with Crippen molar-refractivity contribution in [1.29, 1.82) is 0 Å². The first-order valence-corrected chi connectivity index (χ1v) is 7.35. The summed E-state index contributed by atoms with van der Waals surface area (Å²) < 4.78 is 11.6. The summed E-state index contributed by atoms with van der Waals surface area (Å²) in [6.45, 7) is 0. The first-order chi connectivity index (χ1) is 9.22. The molecule has 19 heavy (non-hydrogen) atoms. The van der Waals surface area contributed by atoms with E-state index in [1.807, 2.05) is 18.2 Å². The number of hydrogen-bond donors (Lipinski definition) is 1. The van der Waals surface area contributed by atoms with Crippen molar-refractivity contribution in [2.24, 2.45) is 5.73 Å². The third kappa shape index (κ3) is 2.44. The van der Waals surface area contributed by atoms with E-state index in [1.165, 1.54) is 25.7 Å². The SMILES string of the molecule is COc1ccc2c(c1)[C@@H](N)CC1(CCCCCC1)O2. The van der Waals surface area contributed by atoms with Crippen LogP contribution in [-0.2, 0) is 0 Å². The highest BCUT2D eigenvalue weighted by Gasteiger charge is 2.39. The second kappa shape index (κ2) is 5.04. The second-order valence-electron chi connectivity index (χ2n) is 5.91. The van der Waals surface area contributed by atoms with Crippen LogP contribution in [0, 0.1) is 0 Å². The maximum absolute atomic E-state index is 6.39. The third-order valence-electron chi connectivity index (χ3n) is 4.55. The van der Waals surface area contributed by atoms with Gasteiger partial charge in [-0.2, -0.15) is 0 Å². The highest BCUT2D eigenvalue weighted by Crippen LogP contribution is 2.45. The first kappa shape index (κ1) is 12.8. The summed E-state index contributed by atoms with van der Waals surface area (Å²) in [5, 5.41) is 0. The molecule has 1 saturated carbocycles. The van der Waals surface area contributed by atoms with Gasteiger partial charge in [0.05, 0.1) is 7.11 Å². The molecule has 104 valence electrons. The lowest BCUT2D eigenvalue weighted by molar-refractivity contribution is 0.0212. The Balaban J connectivity index is 1.90. The molecule has 1 heterocycles. The molecule has 1 aliphatic carbocycles. The van der Waals surface area contributed by atoms with E-state index in [4.69, 9.17) is 15.2 Å². The Morgan fingerprint density at radius 3 is 2.63 bits per heavy atom. The van der Waals surface area contributed by atoms with Gasteiger partial charge in [-0.15, -0.1) is 0 Å².